The number of nitrogens with zero attached hydrogens (tertiary/aromatic N) is 1. The van der Waals surface area contributed by atoms with Crippen LogP contribution in [0.15, 0.2) is 42.5 Å². The Balaban J connectivity index is 1.50. The number of rotatable bonds is 6. The van der Waals surface area contributed by atoms with Crippen molar-refractivity contribution in [1.29, 1.82) is 0 Å². The van der Waals surface area contributed by atoms with Crippen LogP contribution in [0.3, 0.4) is 0 Å². The van der Waals surface area contributed by atoms with Gasteiger partial charge < -0.3 is 9.47 Å². The van der Waals surface area contributed by atoms with E-state index in [1.165, 1.54) is 0 Å². The Bertz CT molecular complexity index is 854. The fraction of sp³-hybridized carbons (Fsp3) is 0.250. The van der Waals surface area contributed by atoms with Gasteiger partial charge in [-0.15, -0.1) is 0 Å². The van der Waals surface area contributed by atoms with Gasteiger partial charge in [-0.3, -0.25) is 19.3 Å². The Morgan fingerprint density at radius 3 is 2.42 bits per heavy atom. The number of ketones is 1. The molecular weight excluding hydrogens is 334 g/mol. The smallest absolute Gasteiger partial charge is 0.326 e. The number of esters is 1. The third kappa shape index (κ3) is 3.74. The molecule has 0 unspecified atom stereocenters. The molecule has 0 aliphatic carbocycles. The molecule has 1 amide bonds. The van der Waals surface area contributed by atoms with E-state index in [9.17, 15) is 14.4 Å². The molecule has 6 nitrogen and oxygen atoms in total. The Morgan fingerprint density at radius 2 is 1.69 bits per heavy atom. The zero-order valence-electron chi connectivity index (χ0n) is 14.7. The second-order valence-corrected chi connectivity index (χ2v) is 6.13. The van der Waals surface area contributed by atoms with Crippen LogP contribution in [-0.2, 0) is 14.3 Å². The molecule has 0 atom stereocenters. The van der Waals surface area contributed by atoms with E-state index in [1.54, 1.807) is 24.3 Å². The highest BCUT2D eigenvalue weighted by molar-refractivity contribution is 6.52. The third-order valence-electron chi connectivity index (χ3n) is 3.98. The molecule has 26 heavy (non-hydrogen) atoms. The number of anilines is 1. The van der Waals surface area contributed by atoms with Crippen LogP contribution in [0.2, 0.25) is 0 Å². The summed E-state index contributed by atoms with van der Waals surface area (Å²) in [7, 11) is 0. The molecule has 0 spiro atoms. The lowest BCUT2D eigenvalue weighted by Gasteiger charge is -2.15. The molecule has 1 aliphatic rings. The molecule has 1 heterocycles. The average Bonchev–Trinajstić information content (AvgIpc) is 2.83. The molecule has 134 valence electrons. The summed E-state index contributed by atoms with van der Waals surface area (Å²) >= 11 is 0. The normalized spacial score (nSPS) is 12.9. The fourth-order valence-electron chi connectivity index (χ4n) is 2.91. The highest BCUT2D eigenvalue weighted by Crippen LogP contribution is 2.28. The van der Waals surface area contributed by atoms with Crippen LogP contribution in [0.25, 0.3) is 0 Å². The summed E-state index contributed by atoms with van der Waals surface area (Å²) in [5.74, 6) is -1.19. The second kappa shape index (κ2) is 7.39. The SMILES string of the molecule is Cc1cc(C)cc(OCCOC(=O)CN2C(=O)C(=O)c3ccccc32)c1. The topological polar surface area (TPSA) is 72.9 Å². The van der Waals surface area contributed by atoms with Crippen LogP contribution in [0.1, 0.15) is 21.5 Å². The Hall–Kier alpha value is -3.15. The van der Waals surface area contributed by atoms with E-state index in [0.717, 1.165) is 16.0 Å². The van der Waals surface area contributed by atoms with Gasteiger partial charge >= 0.3 is 5.97 Å². The Kier molecular flexibility index (Phi) is 5.02. The molecule has 0 saturated carbocycles. The molecule has 2 aromatic carbocycles. The van der Waals surface area contributed by atoms with Gasteiger partial charge in [0, 0.05) is 0 Å². The molecule has 0 radical (unpaired) electrons. The van der Waals surface area contributed by atoms with E-state index in [1.807, 2.05) is 32.0 Å². The number of carbonyl (C=O) groups is 3. The fourth-order valence-corrected chi connectivity index (χ4v) is 2.91. The van der Waals surface area contributed by atoms with Gasteiger partial charge in [-0.2, -0.15) is 0 Å². The zero-order chi connectivity index (χ0) is 18.7. The minimum absolute atomic E-state index is 0.0590. The molecule has 0 fully saturated rings. The molecule has 3 rings (SSSR count). The van der Waals surface area contributed by atoms with Crippen LogP contribution < -0.4 is 9.64 Å². The van der Waals surface area contributed by atoms with E-state index in [4.69, 9.17) is 9.47 Å². The van der Waals surface area contributed by atoms with Crippen molar-refractivity contribution in [1.82, 2.24) is 0 Å². The van der Waals surface area contributed by atoms with Crippen molar-refractivity contribution in [2.24, 2.45) is 0 Å². The summed E-state index contributed by atoms with van der Waals surface area (Å²) in [4.78, 5) is 37.1. The lowest BCUT2D eigenvalue weighted by Crippen LogP contribution is -2.35. The van der Waals surface area contributed by atoms with Gasteiger partial charge in [0.25, 0.3) is 11.7 Å². The highest BCUT2D eigenvalue weighted by atomic mass is 16.6. The monoisotopic (exact) mass is 353 g/mol. The van der Waals surface area contributed by atoms with Crippen LogP contribution in [0.4, 0.5) is 5.69 Å². The number of amides is 1. The molecule has 0 saturated heterocycles. The van der Waals surface area contributed by atoms with E-state index in [2.05, 4.69) is 0 Å². The molecule has 0 bridgehead atoms. The molecule has 1 aliphatic heterocycles. The predicted octanol–water partition coefficient (Wildman–Crippen LogP) is 2.45. The quantitative estimate of drug-likeness (QED) is 0.453. The summed E-state index contributed by atoms with van der Waals surface area (Å²) in [5, 5.41) is 0. The van der Waals surface area contributed by atoms with Gasteiger partial charge in [-0.1, -0.05) is 18.2 Å². The summed E-state index contributed by atoms with van der Waals surface area (Å²) in [6.45, 7) is 3.92. The van der Waals surface area contributed by atoms with Gasteiger partial charge in [-0.05, 0) is 49.2 Å². The molecule has 0 aromatic heterocycles. The van der Waals surface area contributed by atoms with Gasteiger partial charge in [0.05, 0.1) is 11.3 Å². The van der Waals surface area contributed by atoms with Crippen molar-refractivity contribution in [3.63, 3.8) is 0 Å². The minimum Gasteiger partial charge on any atom is -0.490 e. The number of benzene rings is 2. The lowest BCUT2D eigenvalue weighted by atomic mass is 10.1. The van der Waals surface area contributed by atoms with Crippen molar-refractivity contribution >= 4 is 23.3 Å². The molecule has 6 heteroatoms. The van der Waals surface area contributed by atoms with Crippen LogP contribution in [0, 0.1) is 13.8 Å². The maximum Gasteiger partial charge on any atom is 0.326 e. The zero-order valence-corrected chi connectivity index (χ0v) is 14.7. The highest BCUT2D eigenvalue weighted by Gasteiger charge is 2.36. The average molecular weight is 353 g/mol. The van der Waals surface area contributed by atoms with E-state index in [0.29, 0.717) is 17.0 Å². The summed E-state index contributed by atoms with van der Waals surface area (Å²) < 4.78 is 10.7. The van der Waals surface area contributed by atoms with Crippen LogP contribution in [-0.4, -0.2) is 37.4 Å². The minimum atomic E-state index is -0.713. The Morgan fingerprint density at radius 1 is 1.00 bits per heavy atom. The van der Waals surface area contributed by atoms with Crippen LogP contribution in [0.5, 0.6) is 5.75 Å². The first-order valence-corrected chi connectivity index (χ1v) is 8.27. The largest absolute Gasteiger partial charge is 0.490 e. The number of hydrogen-bond acceptors (Lipinski definition) is 5. The van der Waals surface area contributed by atoms with Crippen molar-refractivity contribution in [3.05, 3.63) is 59.2 Å². The van der Waals surface area contributed by atoms with Crippen molar-refractivity contribution < 1.29 is 23.9 Å². The van der Waals surface area contributed by atoms with Crippen molar-refractivity contribution in [2.75, 3.05) is 24.7 Å². The maximum absolute atomic E-state index is 12.0. The Labute approximate surface area is 151 Å². The lowest BCUT2D eigenvalue weighted by molar-refractivity contribution is -0.143. The molecule has 0 N–H and O–H groups in total. The van der Waals surface area contributed by atoms with Gasteiger partial charge in [-0.25, -0.2) is 0 Å². The number of hydrogen-bond donors (Lipinski definition) is 0. The van der Waals surface area contributed by atoms with Gasteiger partial charge in [0.1, 0.15) is 25.5 Å². The maximum atomic E-state index is 12.0. The number of aryl methyl sites for hydroxylation is 2. The first kappa shape index (κ1) is 17.7. The summed E-state index contributed by atoms with van der Waals surface area (Å²) in [6, 6.07) is 12.4. The van der Waals surface area contributed by atoms with Crippen LogP contribution >= 0.6 is 0 Å². The molecular formula is C20H19NO5. The summed E-state index contributed by atoms with van der Waals surface area (Å²) in [6.07, 6.45) is 0. The number of fused-ring (bicyclic) bond motifs is 1. The van der Waals surface area contributed by atoms with Crippen molar-refractivity contribution in [2.45, 2.75) is 13.8 Å². The molecule has 2 aromatic rings. The summed E-state index contributed by atoms with van der Waals surface area (Å²) in [5.41, 5.74) is 2.93. The number of ether oxygens (including phenoxy) is 2. The van der Waals surface area contributed by atoms with E-state index >= 15 is 0 Å². The number of carbonyl (C=O) groups excluding carboxylic acids is 3. The number of para-hydroxylation sites is 1. The predicted molar refractivity (Wildman–Crippen MR) is 95.5 cm³/mol. The third-order valence-corrected chi connectivity index (χ3v) is 3.98. The first-order chi connectivity index (χ1) is 12.5. The standard InChI is InChI=1S/C20H19NO5/c1-13-9-14(2)11-15(10-13)25-7-8-26-18(22)12-21-17-6-4-3-5-16(17)19(23)20(21)24/h3-6,9-11H,7-8,12H2,1-2H3. The second-order valence-electron chi connectivity index (χ2n) is 6.13. The first-order valence-electron chi connectivity index (χ1n) is 8.27. The van der Waals surface area contributed by atoms with E-state index < -0.39 is 17.7 Å². The van der Waals surface area contributed by atoms with Gasteiger partial charge in [0.15, 0.2) is 0 Å². The van der Waals surface area contributed by atoms with E-state index in [-0.39, 0.29) is 19.8 Å². The number of Topliss-reactive ketones (excluding diaryl/α,β-unsaturated/α-hetero) is 1. The van der Waals surface area contributed by atoms with Crippen molar-refractivity contribution in [3.8, 4) is 5.75 Å². The van der Waals surface area contributed by atoms with Gasteiger partial charge in [0.2, 0.25) is 0 Å².